The Morgan fingerprint density at radius 2 is 1.68 bits per heavy atom. The summed E-state index contributed by atoms with van der Waals surface area (Å²) in [6, 6.07) is 21.6. The van der Waals surface area contributed by atoms with Gasteiger partial charge in [0.2, 0.25) is 15.9 Å². The van der Waals surface area contributed by atoms with Crippen LogP contribution >= 0.6 is 0 Å². The number of rotatable bonds is 8. The molecule has 8 heteroatoms. The molecule has 0 saturated carbocycles. The van der Waals surface area contributed by atoms with Crippen LogP contribution in [0.2, 0.25) is 0 Å². The average Bonchev–Trinajstić information content (AvgIpc) is 2.76. The van der Waals surface area contributed by atoms with E-state index in [1.807, 2.05) is 54.6 Å². The first-order chi connectivity index (χ1) is 14.8. The van der Waals surface area contributed by atoms with Gasteiger partial charge in [0.1, 0.15) is 5.75 Å². The zero-order valence-electron chi connectivity index (χ0n) is 17.6. The lowest BCUT2D eigenvalue weighted by Gasteiger charge is -2.22. The molecular weight excluding hydrogens is 414 g/mol. The Kier molecular flexibility index (Phi) is 6.94. The van der Waals surface area contributed by atoms with E-state index in [0.29, 0.717) is 22.7 Å². The lowest BCUT2D eigenvalue weighted by atomic mass is 10.2. The molecule has 0 aromatic heterocycles. The molecule has 0 saturated heterocycles. The maximum Gasteiger partial charge on any atom is 0.243 e. The van der Waals surface area contributed by atoms with E-state index in [1.54, 1.807) is 31.0 Å². The van der Waals surface area contributed by atoms with Crippen LogP contribution in [-0.4, -0.2) is 35.0 Å². The summed E-state index contributed by atoms with van der Waals surface area (Å²) in [5.41, 5.74) is 1.76. The van der Waals surface area contributed by atoms with Crippen molar-refractivity contribution in [3.63, 3.8) is 0 Å². The summed E-state index contributed by atoms with van der Waals surface area (Å²) in [6.45, 7) is 1.75. The summed E-state index contributed by atoms with van der Waals surface area (Å²) >= 11 is 0. The number of likely N-dealkylation sites (N-methyl/N-ethyl adjacent to an activating group) is 1. The zero-order valence-corrected chi connectivity index (χ0v) is 18.4. The van der Waals surface area contributed by atoms with Gasteiger partial charge in [-0.3, -0.25) is 4.79 Å². The molecule has 3 aromatic rings. The SMILES string of the molecule is CNS(=O)(=O)c1cc(NC(=O)CN(C)c2ccccc2Oc2ccccc2)ccc1C. The van der Waals surface area contributed by atoms with E-state index in [4.69, 9.17) is 4.74 Å². The molecule has 3 rings (SSSR count). The van der Waals surface area contributed by atoms with Gasteiger partial charge in [-0.2, -0.15) is 0 Å². The topological polar surface area (TPSA) is 87.7 Å². The van der Waals surface area contributed by atoms with Crippen LogP contribution < -0.4 is 19.7 Å². The number of para-hydroxylation sites is 3. The van der Waals surface area contributed by atoms with E-state index < -0.39 is 10.0 Å². The van der Waals surface area contributed by atoms with E-state index >= 15 is 0 Å². The van der Waals surface area contributed by atoms with Crippen LogP contribution in [0.1, 0.15) is 5.56 Å². The maximum atomic E-state index is 12.6. The predicted octanol–water partition coefficient (Wildman–Crippen LogP) is 3.77. The molecule has 0 radical (unpaired) electrons. The summed E-state index contributed by atoms with van der Waals surface area (Å²) in [7, 11) is -0.475. The van der Waals surface area contributed by atoms with Gasteiger partial charge in [0.25, 0.3) is 0 Å². The largest absolute Gasteiger partial charge is 0.455 e. The highest BCUT2D eigenvalue weighted by molar-refractivity contribution is 7.89. The van der Waals surface area contributed by atoms with Gasteiger partial charge in [-0.1, -0.05) is 36.4 Å². The molecule has 31 heavy (non-hydrogen) atoms. The number of carbonyl (C=O) groups excluding carboxylic acids is 1. The van der Waals surface area contributed by atoms with E-state index in [2.05, 4.69) is 10.0 Å². The zero-order chi connectivity index (χ0) is 22.4. The fourth-order valence-corrected chi connectivity index (χ4v) is 4.05. The standard InChI is InChI=1S/C23H25N3O4S/c1-17-13-14-18(15-22(17)31(28,29)24-2)25-23(27)16-26(3)20-11-7-8-12-21(20)30-19-9-5-4-6-10-19/h4-15,24H,16H2,1-3H3,(H,25,27). The second-order valence-electron chi connectivity index (χ2n) is 6.97. The molecule has 0 fully saturated rings. The number of sulfonamides is 1. The van der Waals surface area contributed by atoms with Crippen molar-refractivity contribution >= 4 is 27.3 Å². The second kappa shape index (κ2) is 9.63. The Balaban J connectivity index is 1.73. The molecular formula is C23H25N3O4S. The summed E-state index contributed by atoms with van der Waals surface area (Å²) in [5, 5.41) is 2.76. The summed E-state index contributed by atoms with van der Waals surface area (Å²) in [5.74, 6) is 1.04. The van der Waals surface area contributed by atoms with Crippen molar-refractivity contribution < 1.29 is 17.9 Å². The number of anilines is 2. The fourth-order valence-electron chi connectivity index (χ4n) is 3.05. The highest BCUT2D eigenvalue weighted by atomic mass is 32.2. The second-order valence-corrected chi connectivity index (χ2v) is 8.83. The van der Waals surface area contributed by atoms with Crippen molar-refractivity contribution in [3.05, 3.63) is 78.4 Å². The van der Waals surface area contributed by atoms with Crippen LogP contribution in [0.4, 0.5) is 11.4 Å². The van der Waals surface area contributed by atoms with Crippen LogP contribution in [0.15, 0.2) is 77.7 Å². The first-order valence-corrected chi connectivity index (χ1v) is 11.2. The van der Waals surface area contributed by atoms with Gasteiger partial charge in [0.15, 0.2) is 5.75 Å². The lowest BCUT2D eigenvalue weighted by Crippen LogP contribution is -2.30. The van der Waals surface area contributed by atoms with Crippen LogP contribution in [0.5, 0.6) is 11.5 Å². The van der Waals surface area contributed by atoms with Crippen molar-refractivity contribution in [1.29, 1.82) is 0 Å². The number of benzene rings is 3. The summed E-state index contributed by atoms with van der Waals surface area (Å²) in [6.07, 6.45) is 0. The minimum Gasteiger partial charge on any atom is -0.455 e. The smallest absolute Gasteiger partial charge is 0.243 e. The Hall–Kier alpha value is -3.36. The van der Waals surface area contributed by atoms with E-state index in [9.17, 15) is 13.2 Å². The van der Waals surface area contributed by atoms with Gasteiger partial charge in [-0.25, -0.2) is 13.1 Å². The van der Waals surface area contributed by atoms with Crippen molar-refractivity contribution in [2.45, 2.75) is 11.8 Å². The number of amides is 1. The average molecular weight is 440 g/mol. The Morgan fingerprint density at radius 3 is 2.39 bits per heavy atom. The van der Waals surface area contributed by atoms with Gasteiger partial charge >= 0.3 is 0 Å². The van der Waals surface area contributed by atoms with E-state index in [-0.39, 0.29) is 17.3 Å². The Bertz CT molecular complexity index is 1160. The first kappa shape index (κ1) is 22.3. The Morgan fingerprint density at radius 1 is 1.00 bits per heavy atom. The van der Waals surface area contributed by atoms with Crippen LogP contribution in [0.3, 0.4) is 0 Å². The third-order valence-electron chi connectivity index (χ3n) is 4.66. The molecule has 7 nitrogen and oxygen atoms in total. The van der Waals surface area contributed by atoms with Gasteiger partial charge in [-0.15, -0.1) is 0 Å². The quantitative estimate of drug-likeness (QED) is 0.558. The molecule has 0 unspecified atom stereocenters. The van der Waals surface area contributed by atoms with Crippen molar-refractivity contribution in [1.82, 2.24) is 4.72 Å². The normalized spacial score (nSPS) is 11.1. The van der Waals surface area contributed by atoms with E-state index in [1.165, 1.54) is 13.1 Å². The van der Waals surface area contributed by atoms with Crippen molar-refractivity contribution in [2.75, 3.05) is 30.9 Å². The number of nitrogens with zero attached hydrogens (tertiary/aromatic N) is 1. The highest BCUT2D eigenvalue weighted by Gasteiger charge is 2.17. The molecule has 3 aromatic carbocycles. The number of nitrogens with one attached hydrogen (secondary N) is 2. The molecule has 0 aliphatic heterocycles. The van der Waals surface area contributed by atoms with Crippen LogP contribution in [0, 0.1) is 6.92 Å². The first-order valence-electron chi connectivity index (χ1n) is 9.67. The van der Waals surface area contributed by atoms with Crippen molar-refractivity contribution in [2.24, 2.45) is 0 Å². The minimum atomic E-state index is -3.62. The maximum absolute atomic E-state index is 12.6. The van der Waals surface area contributed by atoms with Gasteiger partial charge in [0, 0.05) is 12.7 Å². The monoisotopic (exact) mass is 439 g/mol. The number of hydrogen-bond acceptors (Lipinski definition) is 5. The minimum absolute atomic E-state index is 0.0527. The van der Waals surface area contributed by atoms with Crippen LogP contribution in [0.25, 0.3) is 0 Å². The number of hydrogen-bond donors (Lipinski definition) is 2. The molecule has 1 amide bonds. The molecule has 0 spiro atoms. The Labute approximate surface area is 182 Å². The third kappa shape index (κ3) is 5.62. The number of ether oxygens (including phenoxy) is 1. The van der Waals surface area contributed by atoms with Gasteiger partial charge in [-0.05, 0) is 55.9 Å². The fraction of sp³-hybridized carbons (Fsp3) is 0.174. The number of carbonyl (C=O) groups is 1. The number of aryl methyl sites for hydroxylation is 1. The molecule has 162 valence electrons. The molecule has 0 atom stereocenters. The van der Waals surface area contributed by atoms with Gasteiger partial charge in [0.05, 0.1) is 17.1 Å². The molecule has 0 aliphatic carbocycles. The molecule has 2 N–H and O–H groups in total. The van der Waals surface area contributed by atoms with Gasteiger partial charge < -0.3 is 15.0 Å². The molecule has 0 bridgehead atoms. The van der Waals surface area contributed by atoms with Crippen molar-refractivity contribution in [3.8, 4) is 11.5 Å². The lowest BCUT2D eigenvalue weighted by molar-refractivity contribution is -0.114. The highest BCUT2D eigenvalue weighted by Crippen LogP contribution is 2.31. The van der Waals surface area contributed by atoms with E-state index in [0.717, 1.165) is 5.69 Å². The van der Waals surface area contributed by atoms with Crippen LogP contribution in [-0.2, 0) is 14.8 Å². The summed E-state index contributed by atoms with van der Waals surface area (Å²) in [4.78, 5) is 14.5. The molecule has 0 aliphatic rings. The molecule has 0 heterocycles. The third-order valence-corrected chi connectivity index (χ3v) is 6.21. The predicted molar refractivity (Wildman–Crippen MR) is 122 cm³/mol. The summed E-state index contributed by atoms with van der Waals surface area (Å²) < 4.78 is 32.6.